The largest absolute Gasteiger partial charge is 0.396 e. The van der Waals surface area contributed by atoms with E-state index in [0.717, 1.165) is 5.56 Å². The highest BCUT2D eigenvalue weighted by atomic mass is 19.1. The predicted octanol–water partition coefficient (Wildman–Crippen LogP) is 1.83. The van der Waals surface area contributed by atoms with E-state index in [1.807, 2.05) is 0 Å². The van der Waals surface area contributed by atoms with Gasteiger partial charge in [0.1, 0.15) is 5.82 Å². The summed E-state index contributed by atoms with van der Waals surface area (Å²) in [5.74, 6) is -0.293. The van der Waals surface area contributed by atoms with Gasteiger partial charge in [0.2, 0.25) is 5.91 Å². The first-order valence-electron chi connectivity index (χ1n) is 5.67. The van der Waals surface area contributed by atoms with Crippen molar-refractivity contribution in [1.82, 2.24) is 5.32 Å². The van der Waals surface area contributed by atoms with Gasteiger partial charge < -0.3 is 10.4 Å². The molecule has 94 valence electrons. The van der Waals surface area contributed by atoms with Crippen molar-refractivity contribution in [2.45, 2.75) is 33.2 Å². The van der Waals surface area contributed by atoms with Crippen LogP contribution in [-0.4, -0.2) is 17.6 Å². The molecule has 0 aromatic heterocycles. The van der Waals surface area contributed by atoms with Crippen LogP contribution in [0.1, 0.15) is 29.5 Å². The van der Waals surface area contributed by atoms with E-state index in [2.05, 4.69) is 5.32 Å². The summed E-state index contributed by atoms with van der Waals surface area (Å²) in [5, 5.41) is 11.3. The molecule has 2 N–H and O–H groups in total. The highest BCUT2D eigenvalue weighted by Gasteiger charge is 2.05. The van der Waals surface area contributed by atoms with E-state index in [4.69, 9.17) is 5.11 Å². The molecule has 0 atom stereocenters. The van der Waals surface area contributed by atoms with Crippen molar-refractivity contribution >= 4 is 5.91 Å². The Morgan fingerprint density at radius 3 is 2.47 bits per heavy atom. The fraction of sp³-hybridized carbons (Fsp3) is 0.462. The molecule has 1 amide bonds. The number of aryl methyl sites for hydroxylation is 2. The number of hydrogen-bond donors (Lipinski definition) is 2. The molecule has 3 nitrogen and oxygen atoms in total. The minimum absolute atomic E-state index is 0.0161. The van der Waals surface area contributed by atoms with Gasteiger partial charge in [0.15, 0.2) is 0 Å². The number of carbonyl (C=O) groups is 1. The van der Waals surface area contributed by atoms with Crippen molar-refractivity contribution in [1.29, 1.82) is 0 Å². The Balaban J connectivity index is 2.55. The smallest absolute Gasteiger partial charge is 0.220 e. The van der Waals surface area contributed by atoms with Gasteiger partial charge in [0.25, 0.3) is 0 Å². The molecule has 0 bridgehead atoms. The van der Waals surface area contributed by atoms with E-state index in [1.165, 1.54) is 0 Å². The predicted molar refractivity (Wildman–Crippen MR) is 64.0 cm³/mol. The van der Waals surface area contributed by atoms with Gasteiger partial charge in [-0.1, -0.05) is 12.1 Å². The normalized spacial score (nSPS) is 10.4. The van der Waals surface area contributed by atoms with Gasteiger partial charge >= 0.3 is 0 Å². The summed E-state index contributed by atoms with van der Waals surface area (Å²) < 4.78 is 13.4. The number of nitrogens with one attached hydrogen (secondary N) is 1. The Morgan fingerprint density at radius 2 is 1.94 bits per heavy atom. The summed E-state index contributed by atoms with van der Waals surface area (Å²) in [6, 6.07) is 3.46. The summed E-state index contributed by atoms with van der Waals surface area (Å²) in [4.78, 5) is 11.3. The molecule has 17 heavy (non-hydrogen) atoms. The van der Waals surface area contributed by atoms with Crippen LogP contribution in [0.3, 0.4) is 0 Å². The summed E-state index contributed by atoms with van der Waals surface area (Å²) in [6.07, 6.45) is 0.781. The molecule has 0 aliphatic heterocycles. The molecular formula is C13H18FNO2. The molecular weight excluding hydrogens is 221 g/mol. The van der Waals surface area contributed by atoms with Crippen molar-refractivity contribution in [3.05, 3.63) is 34.6 Å². The number of halogens is 1. The second-order valence-electron chi connectivity index (χ2n) is 4.15. The number of amides is 1. The number of aliphatic hydroxyl groups is 1. The summed E-state index contributed by atoms with van der Waals surface area (Å²) in [5.41, 5.74) is 2.06. The lowest BCUT2D eigenvalue weighted by Crippen LogP contribution is -2.22. The third-order valence-corrected chi connectivity index (χ3v) is 2.55. The van der Waals surface area contributed by atoms with Crippen LogP contribution in [0.5, 0.6) is 0 Å². The van der Waals surface area contributed by atoms with Gasteiger partial charge in [-0.3, -0.25) is 4.79 Å². The molecule has 4 heteroatoms. The molecule has 0 spiro atoms. The summed E-state index contributed by atoms with van der Waals surface area (Å²) in [7, 11) is 0. The van der Waals surface area contributed by atoms with Crippen LogP contribution in [0.2, 0.25) is 0 Å². The van der Waals surface area contributed by atoms with Gasteiger partial charge in [0.05, 0.1) is 0 Å². The molecule has 1 aromatic carbocycles. The molecule has 1 rings (SSSR count). The number of carbonyl (C=O) groups excluding carboxylic acids is 1. The van der Waals surface area contributed by atoms with Crippen LogP contribution in [0.4, 0.5) is 4.39 Å². The maximum absolute atomic E-state index is 13.4. The van der Waals surface area contributed by atoms with Crippen LogP contribution in [-0.2, 0) is 11.3 Å². The maximum Gasteiger partial charge on any atom is 0.220 e. The van der Waals surface area contributed by atoms with E-state index in [1.54, 1.807) is 26.0 Å². The van der Waals surface area contributed by atoms with Gasteiger partial charge in [-0.2, -0.15) is 0 Å². The van der Waals surface area contributed by atoms with Crippen molar-refractivity contribution < 1.29 is 14.3 Å². The Hall–Kier alpha value is -1.42. The van der Waals surface area contributed by atoms with Crippen LogP contribution in [0, 0.1) is 19.7 Å². The highest BCUT2D eigenvalue weighted by Crippen LogP contribution is 2.14. The number of hydrogen-bond acceptors (Lipinski definition) is 2. The van der Waals surface area contributed by atoms with Gasteiger partial charge in [-0.05, 0) is 37.0 Å². The van der Waals surface area contributed by atoms with Crippen LogP contribution in [0.15, 0.2) is 12.1 Å². The second-order valence-corrected chi connectivity index (χ2v) is 4.15. The molecule has 0 radical (unpaired) electrons. The van der Waals surface area contributed by atoms with Crippen molar-refractivity contribution in [3.8, 4) is 0 Å². The number of rotatable bonds is 5. The topological polar surface area (TPSA) is 49.3 Å². The zero-order valence-corrected chi connectivity index (χ0v) is 10.2. The van der Waals surface area contributed by atoms with Crippen LogP contribution in [0.25, 0.3) is 0 Å². The first kappa shape index (κ1) is 13.6. The van der Waals surface area contributed by atoms with E-state index in [9.17, 15) is 9.18 Å². The average Bonchev–Trinajstić information content (AvgIpc) is 2.30. The maximum atomic E-state index is 13.4. The molecule has 0 aliphatic rings. The third-order valence-electron chi connectivity index (χ3n) is 2.55. The molecule has 0 fully saturated rings. The highest BCUT2D eigenvalue weighted by molar-refractivity contribution is 5.75. The number of benzene rings is 1. The first-order valence-corrected chi connectivity index (χ1v) is 5.67. The van der Waals surface area contributed by atoms with E-state index in [0.29, 0.717) is 30.5 Å². The quantitative estimate of drug-likeness (QED) is 0.823. The molecule has 0 aliphatic carbocycles. The minimum atomic E-state index is -0.194. The lowest BCUT2D eigenvalue weighted by atomic mass is 10.1. The van der Waals surface area contributed by atoms with Crippen molar-refractivity contribution in [2.24, 2.45) is 0 Å². The van der Waals surface area contributed by atoms with E-state index >= 15 is 0 Å². The molecule has 1 aromatic rings. The second kappa shape index (κ2) is 6.35. The molecule has 0 unspecified atom stereocenters. The Labute approximate surface area is 101 Å². The Morgan fingerprint density at radius 1 is 1.35 bits per heavy atom. The fourth-order valence-electron chi connectivity index (χ4n) is 1.67. The zero-order valence-electron chi connectivity index (χ0n) is 10.2. The van der Waals surface area contributed by atoms with Gasteiger partial charge in [-0.15, -0.1) is 0 Å². The van der Waals surface area contributed by atoms with Gasteiger partial charge in [-0.25, -0.2) is 4.39 Å². The lowest BCUT2D eigenvalue weighted by Gasteiger charge is -2.08. The summed E-state index contributed by atoms with van der Waals surface area (Å²) >= 11 is 0. The summed E-state index contributed by atoms with van der Waals surface area (Å²) in [6.45, 7) is 3.83. The Bertz CT molecular complexity index is 381. The van der Waals surface area contributed by atoms with Crippen molar-refractivity contribution in [2.75, 3.05) is 6.61 Å². The zero-order chi connectivity index (χ0) is 12.8. The van der Waals surface area contributed by atoms with E-state index in [-0.39, 0.29) is 18.3 Å². The number of aliphatic hydroxyl groups excluding tert-OH is 1. The first-order chi connectivity index (χ1) is 8.04. The Kier molecular flexibility index (Phi) is 5.10. The lowest BCUT2D eigenvalue weighted by molar-refractivity contribution is -0.121. The van der Waals surface area contributed by atoms with Crippen molar-refractivity contribution in [3.63, 3.8) is 0 Å². The minimum Gasteiger partial charge on any atom is -0.396 e. The monoisotopic (exact) mass is 239 g/mol. The molecule has 0 saturated heterocycles. The molecule has 0 saturated carbocycles. The van der Waals surface area contributed by atoms with Gasteiger partial charge in [0, 0.05) is 19.6 Å². The third kappa shape index (κ3) is 4.15. The standard InChI is InChI=1S/C13H18FNO2/c1-9-6-11(7-10(2)13(9)14)8-15-12(17)4-3-5-16/h6-7,16H,3-5,8H2,1-2H3,(H,15,17). The average molecular weight is 239 g/mol. The fourth-order valence-corrected chi connectivity index (χ4v) is 1.67. The van der Waals surface area contributed by atoms with Crippen LogP contribution >= 0.6 is 0 Å². The SMILES string of the molecule is Cc1cc(CNC(=O)CCCO)cc(C)c1F. The molecule has 0 heterocycles. The van der Waals surface area contributed by atoms with Crippen LogP contribution < -0.4 is 5.32 Å². The van der Waals surface area contributed by atoms with E-state index < -0.39 is 0 Å².